The van der Waals surface area contributed by atoms with E-state index in [1.807, 2.05) is 18.2 Å². The van der Waals surface area contributed by atoms with Crippen molar-refractivity contribution < 1.29 is 19.1 Å². The molecule has 0 saturated heterocycles. The van der Waals surface area contributed by atoms with Crippen LogP contribution in [-0.4, -0.2) is 30.1 Å². The van der Waals surface area contributed by atoms with Crippen molar-refractivity contribution in [2.75, 3.05) is 18.5 Å². The molecule has 0 spiro atoms. The van der Waals surface area contributed by atoms with E-state index >= 15 is 0 Å². The zero-order valence-electron chi connectivity index (χ0n) is 14.9. The SMILES string of the molecule is CCCc1ccc(OCC(=O)Nc2nc(C)c(C(=O)OCC)s2)c(Br)c1. The van der Waals surface area contributed by atoms with E-state index < -0.39 is 5.97 Å². The molecule has 26 heavy (non-hydrogen) atoms. The number of nitrogens with one attached hydrogen (secondary N) is 1. The third-order valence-corrected chi connectivity index (χ3v) is 5.07. The molecule has 1 amide bonds. The van der Waals surface area contributed by atoms with E-state index in [2.05, 4.69) is 33.2 Å². The summed E-state index contributed by atoms with van der Waals surface area (Å²) in [6.45, 7) is 5.69. The first-order chi connectivity index (χ1) is 12.4. The van der Waals surface area contributed by atoms with E-state index in [9.17, 15) is 9.59 Å². The number of thiazole rings is 1. The smallest absolute Gasteiger partial charge is 0.350 e. The van der Waals surface area contributed by atoms with Crippen LogP contribution in [0.4, 0.5) is 5.13 Å². The van der Waals surface area contributed by atoms with Gasteiger partial charge in [0.2, 0.25) is 0 Å². The highest BCUT2D eigenvalue weighted by Gasteiger charge is 2.17. The quantitative estimate of drug-likeness (QED) is 0.616. The topological polar surface area (TPSA) is 77.5 Å². The van der Waals surface area contributed by atoms with Crippen molar-refractivity contribution in [3.05, 3.63) is 38.8 Å². The molecule has 0 fully saturated rings. The lowest BCUT2D eigenvalue weighted by Gasteiger charge is -2.09. The summed E-state index contributed by atoms with van der Waals surface area (Å²) in [5.41, 5.74) is 1.74. The number of carbonyl (C=O) groups is 2. The minimum absolute atomic E-state index is 0.154. The van der Waals surface area contributed by atoms with Crippen LogP contribution < -0.4 is 10.1 Å². The Hall–Kier alpha value is -1.93. The minimum Gasteiger partial charge on any atom is -0.483 e. The highest BCUT2D eigenvalue weighted by atomic mass is 79.9. The second-order valence-electron chi connectivity index (χ2n) is 5.51. The summed E-state index contributed by atoms with van der Waals surface area (Å²) in [6, 6.07) is 5.82. The number of carbonyl (C=O) groups excluding carboxylic acids is 2. The van der Waals surface area contributed by atoms with Gasteiger partial charge in [-0.1, -0.05) is 30.7 Å². The largest absolute Gasteiger partial charge is 0.483 e. The summed E-state index contributed by atoms with van der Waals surface area (Å²) in [4.78, 5) is 28.4. The third-order valence-electron chi connectivity index (χ3n) is 3.40. The fourth-order valence-electron chi connectivity index (χ4n) is 2.24. The average Bonchev–Trinajstić information content (AvgIpc) is 2.95. The van der Waals surface area contributed by atoms with Crippen LogP contribution in [0.2, 0.25) is 0 Å². The van der Waals surface area contributed by atoms with Crippen LogP contribution in [0.3, 0.4) is 0 Å². The number of benzene rings is 1. The van der Waals surface area contributed by atoms with Crippen molar-refractivity contribution in [3.63, 3.8) is 0 Å². The molecule has 0 atom stereocenters. The highest BCUT2D eigenvalue weighted by molar-refractivity contribution is 9.10. The summed E-state index contributed by atoms with van der Waals surface area (Å²) in [7, 11) is 0. The van der Waals surface area contributed by atoms with Gasteiger partial charge in [0.1, 0.15) is 10.6 Å². The Morgan fingerprint density at radius 1 is 1.31 bits per heavy atom. The molecule has 0 bridgehead atoms. The molecule has 1 aromatic carbocycles. The zero-order valence-corrected chi connectivity index (χ0v) is 17.3. The minimum atomic E-state index is -0.435. The van der Waals surface area contributed by atoms with Crippen LogP contribution in [0.1, 0.15) is 41.2 Å². The highest BCUT2D eigenvalue weighted by Crippen LogP contribution is 2.27. The Morgan fingerprint density at radius 2 is 2.08 bits per heavy atom. The van der Waals surface area contributed by atoms with Crippen molar-refractivity contribution >= 4 is 44.3 Å². The van der Waals surface area contributed by atoms with Crippen LogP contribution in [0.15, 0.2) is 22.7 Å². The van der Waals surface area contributed by atoms with Gasteiger partial charge in [0.15, 0.2) is 11.7 Å². The molecule has 1 aromatic heterocycles. The predicted octanol–water partition coefficient (Wildman–Crippen LogP) is 4.36. The molecule has 2 aromatic rings. The van der Waals surface area contributed by atoms with Crippen LogP contribution in [0, 0.1) is 6.92 Å². The van der Waals surface area contributed by atoms with Crippen LogP contribution >= 0.6 is 27.3 Å². The lowest BCUT2D eigenvalue weighted by molar-refractivity contribution is -0.118. The summed E-state index contributed by atoms with van der Waals surface area (Å²) in [5.74, 6) is -0.184. The Labute approximate surface area is 165 Å². The molecule has 6 nitrogen and oxygen atoms in total. The van der Waals surface area contributed by atoms with Crippen LogP contribution in [0.25, 0.3) is 0 Å². The molecule has 0 radical (unpaired) electrons. The van der Waals surface area contributed by atoms with Gasteiger partial charge in [0.25, 0.3) is 5.91 Å². The van der Waals surface area contributed by atoms with Crippen molar-refractivity contribution in [1.82, 2.24) is 4.98 Å². The lowest BCUT2D eigenvalue weighted by Crippen LogP contribution is -2.20. The van der Waals surface area contributed by atoms with Crippen LogP contribution in [-0.2, 0) is 16.0 Å². The molecule has 0 aliphatic heterocycles. The van der Waals surface area contributed by atoms with Crippen molar-refractivity contribution in [2.45, 2.75) is 33.6 Å². The van der Waals surface area contributed by atoms with E-state index in [4.69, 9.17) is 9.47 Å². The number of aromatic nitrogens is 1. The number of hydrogen-bond acceptors (Lipinski definition) is 6. The Kier molecular flexibility index (Phi) is 7.59. The Morgan fingerprint density at radius 3 is 2.73 bits per heavy atom. The van der Waals surface area contributed by atoms with Crippen molar-refractivity contribution in [3.8, 4) is 5.75 Å². The maximum atomic E-state index is 12.1. The Bertz CT molecular complexity index is 791. The Balaban J connectivity index is 1.93. The summed E-state index contributed by atoms with van der Waals surface area (Å²) in [6.07, 6.45) is 2.06. The number of halogens is 1. The number of nitrogens with zero attached hydrogens (tertiary/aromatic N) is 1. The van der Waals surface area contributed by atoms with Gasteiger partial charge >= 0.3 is 5.97 Å². The number of aryl methyl sites for hydroxylation is 2. The molecule has 0 aliphatic carbocycles. The van der Waals surface area contributed by atoms with Gasteiger partial charge in [-0.15, -0.1) is 0 Å². The molecule has 1 N–H and O–H groups in total. The van der Waals surface area contributed by atoms with Gasteiger partial charge in [-0.05, 0) is 53.9 Å². The van der Waals surface area contributed by atoms with Crippen molar-refractivity contribution in [2.24, 2.45) is 0 Å². The monoisotopic (exact) mass is 440 g/mol. The molecule has 1 heterocycles. The normalized spacial score (nSPS) is 10.5. The van der Waals surface area contributed by atoms with Gasteiger partial charge in [-0.25, -0.2) is 9.78 Å². The number of anilines is 1. The van der Waals surface area contributed by atoms with Gasteiger partial charge in [0.05, 0.1) is 16.8 Å². The van der Waals surface area contributed by atoms with E-state index in [0.717, 1.165) is 28.7 Å². The lowest BCUT2D eigenvalue weighted by atomic mass is 10.1. The number of ether oxygens (including phenoxy) is 2. The molecule has 2 rings (SSSR count). The van der Waals surface area contributed by atoms with E-state index in [1.54, 1.807) is 13.8 Å². The van der Waals surface area contributed by atoms with Crippen molar-refractivity contribution in [1.29, 1.82) is 0 Å². The van der Waals surface area contributed by atoms with E-state index in [0.29, 0.717) is 21.5 Å². The maximum Gasteiger partial charge on any atom is 0.350 e. The summed E-state index contributed by atoms with van der Waals surface area (Å²) in [5, 5.41) is 2.99. The fraction of sp³-hybridized carbons (Fsp3) is 0.389. The first-order valence-corrected chi connectivity index (χ1v) is 9.91. The number of esters is 1. The van der Waals surface area contributed by atoms with Gasteiger partial charge < -0.3 is 9.47 Å². The van der Waals surface area contributed by atoms with Gasteiger partial charge in [0, 0.05) is 0 Å². The first-order valence-electron chi connectivity index (χ1n) is 8.30. The summed E-state index contributed by atoms with van der Waals surface area (Å²) >= 11 is 4.54. The number of hydrogen-bond donors (Lipinski definition) is 1. The number of rotatable bonds is 8. The molecular weight excluding hydrogens is 420 g/mol. The molecule has 8 heteroatoms. The van der Waals surface area contributed by atoms with E-state index in [-0.39, 0.29) is 19.1 Å². The second kappa shape index (κ2) is 9.68. The molecule has 0 aliphatic rings. The molecule has 0 unspecified atom stereocenters. The third kappa shape index (κ3) is 5.54. The fourth-order valence-corrected chi connectivity index (χ4v) is 3.66. The van der Waals surface area contributed by atoms with Gasteiger partial charge in [-0.3, -0.25) is 10.1 Å². The second-order valence-corrected chi connectivity index (χ2v) is 7.36. The average molecular weight is 441 g/mol. The predicted molar refractivity (Wildman–Crippen MR) is 105 cm³/mol. The molecule has 140 valence electrons. The van der Waals surface area contributed by atoms with Crippen LogP contribution in [0.5, 0.6) is 5.75 Å². The standard InChI is InChI=1S/C18H21BrN2O4S/c1-4-6-12-7-8-14(13(19)9-12)25-10-15(22)21-18-20-11(3)16(26-18)17(23)24-5-2/h7-9H,4-6,10H2,1-3H3,(H,20,21,22). The maximum absolute atomic E-state index is 12.1. The molecular formula is C18H21BrN2O4S. The summed E-state index contributed by atoms with van der Waals surface area (Å²) < 4.78 is 11.3. The molecule has 0 saturated carbocycles. The first kappa shape index (κ1) is 20.4. The number of amides is 1. The zero-order chi connectivity index (χ0) is 19.1. The van der Waals surface area contributed by atoms with Gasteiger partial charge in [-0.2, -0.15) is 0 Å². The van der Waals surface area contributed by atoms with E-state index in [1.165, 1.54) is 5.56 Å².